The third-order valence-corrected chi connectivity index (χ3v) is 5.01. The van der Waals surface area contributed by atoms with Crippen LogP contribution in [-0.4, -0.2) is 49.6 Å². The van der Waals surface area contributed by atoms with Gasteiger partial charge in [0.2, 0.25) is 0 Å². The minimum Gasteiger partial charge on any atom is -0.318 e. The Labute approximate surface area is 202 Å². The molecule has 0 saturated carbocycles. The molecule has 0 aliphatic carbocycles. The zero-order chi connectivity index (χ0) is 26.5. The summed E-state index contributed by atoms with van der Waals surface area (Å²) < 4.78 is 2.12. The lowest BCUT2D eigenvalue weighted by molar-refractivity contribution is 0.244. The third-order valence-electron chi connectivity index (χ3n) is 5.01. The minimum absolute atomic E-state index is 0.147. The summed E-state index contributed by atoms with van der Waals surface area (Å²) in [6.07, 6.45) is 1.85. The third kappa shape index (κ3) is 9.23. The maximum atomic E-state index is 12.9. The van der Waals surface area contributed by atoms with Gasteiger partial charge in [-0.1, -0.05) is 20.8 Å². The van der Waals surface area contributed by atoms with Gasteiger partial charge in [-0.2, -0.15) is 0 Å². The van der Waals surface area contributed by atoms with Crippen molar-refractivity contribution >= 4 is 29.2 Å². The average molecular weight is 494 g/mol. The van der Waals surface area contributed by atoms with E-state index in [1.807, 2.05) is 27.7 Å². The quantitative estimate of drug-likeness (QED) is 0.301. The zero-order valence-corrected chi connectivity index (χ0v) is 21.2. The Morgan fingerprint density at radius 2 is 1.03 bits per heavy atom. The zero-order valence-electron chi connectivity index (χ0n) is 21.2. The fourth-order valence-electron chi connectivity index (χ4n) is 2.43. The highest BCUT2D eigenvalue weighted by Gasteiger charge is 2.16. The molecule has 0 aliphatic rings. The fraction of sp³-hybridized carbons (Fsp3) is 0.619. The van der Waals surface area contributed by atoms with Crippen LogP contribution in [0.25, 0.3) is 0 Å². The SMILES string of the molecule is CC/C(C)=N/CNCn1c(=O)n(CNC(=O)/N=C(\C)CC)c(=O)n(CNC(=O)/N=C(\C)CC)c1=O. The van der Waals surface area contributed by atoms with Crippen LogP contribution in [0.5, 0.6) is 0 Å². The molecule has 1 aromatic heterocycles. The van der Waals surface area contributed by atoms with Crippen LogP contribution in [0, 0.1) is 0 Å². The van der Waals surface area contributed by atoms with E-state index in [0.717, 1.165) is 16.7 Å². The molecule has 14 nitrogen and oxygen atoms in total. The van der Waals surface area contributed by atoms with Crippen LogP contribution in [0.1, 0.15) is 60.8 Å². The van der Waals surface area contributed by atoms with E-state index < -0.39 is 42.5 Å². The van der Waals surface area contributed by atoms with Gasteiger partial charge in [-0.15, -0.1) is 0 Å². The lowest BCUT2D eigenvalue weighted by Crippen LogP contribution is -2.58. The molecule has 1 heterocycles. The smallest absolute Gasteiger partial charge is 0.318 e. The molecule has 0 radical (unpaired) electrons. The molecule has 0 bridgehead atoms. The van der Waals surface area contributed by atoms with Gasteiger partial charge in [-0.25, -0.2) is 47.7 Å². The number of rotatable bonds is 11. The topological polar surface area (TPSA) is 173 Å². The summed E-state index contributed by atoms with van der Waals surface area (Å²) in [5, 5.41) is 7.58. The van der Waals surface area contributed by atoms with E-state index in [9.17, 15) is 24.0 Å². The molecule has 0 fully saturated rings. The van der Waals surface area contributed by atoms with E-state index >= 15 is 0 Å². The largest absolute Gasteiger partial charge is 0.342 e. The van der Waals surface area contributed by atoms with E-state index in [4.69, 9.17) is 0 Å². The Morgan fingerprint density at radius 1 is 0.657 bits per heavy atom. The molecule has 0 unspecified atom stereocenters. The molecular formula is C21H35N9O5. The lowest BCUT2D eigenvalue weighted by atomic mass is 10.3. The van der Waals surface area contributed by atoms with E-state index in [0.29, 0.717) is 33.4 Å². The van der Waals surface area contributed by atoms with Gasteiger partial charge in [-0.3, -0.25) is 10.3 Å². The number of nitrogens with zero attached hydrogens (tertiary/aromatic N) is 6. The van der Waals surface area contributed by atoms with Gasteiger partial charge in [0.25, 0.3) is 0 Å². The van der Waals surface area contributed by atoms with Crippen molar-refractivity contribution in [1.82, 2.24) is 29.7 Å². The molecule has 1 rings (SSSR count). The molecule has 3 N–H and O–H groups in total. The van der Waals surface area contributed by atoms with Crippen LogP contribution in [0.15, 0.2) is 29.4 Å². The van der Waals surface area contributed by atoms with Crippen LogP contribution in [-0.2, 0) is 20.0 Å². The van der Waals surface area contributed by atoms with Crippen molar-refractivity contribution < 1.29 is 9.59 Å². The first-order valence-electron chi connectivity index (χ1n) is 11.3. The molecule has 0 spiro atoms. The van der Waals surface area contributed by atoms with E-state index in [-0.39, 0.29) is 13.3 Å². The Morgan fingerprint density at radius 3 is 1.40 bits per heavy atom. The first-order chi connectivity index (χ1) is 16.5. The summed E-state index contributed by atoms with van der Waals surface area (Å²) in [5.41, 5.74) is -0.886. The second-order valence-electron chi connectivity index (χ2n) is 7.63. The van der Waals surface area contributed by atoms with Gasteiger partial charge in [0.05, 0.1) is 13.3 Å². The summed E-state index contributed by atoms with van der Waals surface area (Å²) in [6, 6.07) is -1.47. The average Bonchev–Trinajstić information content (AvgIpc) is 2.82. The van der Waals surface area contributed by atoms with Gasteiger partial charge >= 0.3 is 29.1 Å². The Bertz CT molecular complexity index is 1100. The predicted molar refractivity (Wildman–Crippen MR) is 134 cm³/mol. The molecule has 0 aromatic carbocycles. The molecule has 35 heavy (non-hydrogen) atoms. The summed E-state index contributed by atoms with van der Waals surface area (Å²) in [6.45, 7) is 9.62. The highest BCUT2D eigenvalue weighted by molar-refractivity contribution is 5.93. The van der Waals surface area contributed by atoms with Crippen LogP contribution in [0.3, 0.4) is 0 Å². The summed E-state index contributed by atoms with van der Waals surface area (Å²) in [5.74, 6) is 0. The van der Waals surface area contributed by atoms with Crippen LogP contribution in [0.2, 0.25) is 0 Å². The van der Waals surface area contributed by atoms with Crippen molar-refractivity contribution in [2.45, 2.75) is 80.8 Å². The van der Waals surface area contributed by atoms with Gasteiger partial charge in [0.15, 0.2) is 0 Å². The van der Waals surface area contributed by atoms with E-state index in [2.05, 4.69) is 30.9 Å². The van der Waals surface area contributed by atoms with Crippen molar-refractivity contribution in [1.29, 1.82) is 0 Å². The van der Waals surface area contributed by atoms with Gasteiger partial charge in [-0.05, 0) is 40.0 Å². The Kier molecular flexibility index (Phi) is 12.2. The van der Waals surface area contributed by atoms with E-state index in [1.54, 1.807) is 13.8 Å². The summed E-state index contributed by atoms with van der Waals surface area (Å²) in [4.78, 5) is 74.5. The molecule has 1 aromatic rings. The van der Waals surface area contributed by atoms with Crippen molar-refractivity contribution in [3.8, 4) is 0 Å². The normalized spacial score (nSPS) is 12.6. The standard InChI is InChI=1S/C21H35N9O5/c1-7-14(4)23-10-22-11-28-19(33)29(12-24-17(31)26-15(5)8-2)21(35)30(20(28)34)13-25-18(32)27-16(6)9-3/h22H,7-13H2,1-6H3,(H,24,31)(H,25,32)/b23-14+,26-15+,27-16+. The first-order valence-corrected chi connectivity index (χ1v) is 11.3. The minimum atomic E-state index is -1.01. The second-order valence-corrected chi connectivity index (χ2v) is 7.63. The lowest BCUT2D eigenvalue weighted by Gasteiger charge is -2.14. The highest BCUT2D eigenvalue weighted by atomic mass is 16.2. The van der Waals surface area contributed by atoms with Crippen molar-refractivity contribution in [3.05, 3.63) is 31.5 Å². The number of aromatic nitrogens is 3. The van der Waals surface area contributed by atoms with Crippen LogP contribution < -0.4 is 33.0 Å². The number of carbonyl (C=O) groups excluding carboxylic acids is 2. The van der Waals surface area contributed by atoms with Crippen molar-refractivity contribution in [3.63, 3.8) is 0 Å². The fourth-order valence-corrected chi connectivity index (χ4v) is 2.43. The second kappa shape index (κ2) is 14.6. The molecule has 194 valence electrons. The first kappa shape index (κ1) is 29.4. The molecule has 0 saturated heterocycles. The maximum Gasteiger partial charge on any atom is 0.342 e. The molecule has 0 aliphatic heterocycles. The number of amides is 4. The number of hydrogen-bond donors (Lipinski definition) is 3. The van der Waals surface area contributed by atoms with E-state index in [1.165, 1.54) is 0 Å². The number of hydrogen-bond acceptors (Lipinski definition) is 7. The van der Waals surface area contributed by atoms with Crippen molar-refractivity contribution in [2.24, 2.45) is 15.0 Å². The Hall–Kier alpha value is -3.68. The van der Waals surface area contributed by atoms with Crippen LogP contribution in [0.4, 0.5) is 9.59 Å². The van der Waals surface area contributed by atoms with Gasteiger partial charge in [0, 0.05) is 17.1 Å². The Balaban J connectivity index is 3.33. The number of carbonyl (C=O) groups is 2. The highest BCUT2D eigenvalue weighted by Crippen LogP contribution is 1.87. The summed E-state index contributed by atoms with van der Waals surface area (Å²) in [7, 11) is 0. The number of aliphatic imine (C=N–C) groups is 3. The number of nitrogens with one attached hydrogen (secondary N) is 3. The monoisotopic (exact) mass is 493 g/mol. The molecule has 14 heteroatoms. The van der Waals surface area contributed by atoms with Crippen LogP contribution >= 0.6 is 0 Å². The molecule has 4 amide bonds. The van der Waals surface area contributed by atoms with Gasteiger partial charge in [0.1, 0.15) is 13.3 Å². The molecule has 0 atom stereocenters. The molecular weight excluding hydrogens is 458 g/mol. The predicted octanol–water partition coefficient (Wildman–Crippen LogP) is 0.623. The number of urea groups is 2. The maximum absolute atomic E-state index is 12.9. The van der Waals surface area contributed by atoms with Crippen molar-refractivity contribution in [2.75, 3.05) is 6.67 Å². The van der Waals surface area contributed by atoms with Gasteiger partial charge < -0.3 is 10.6 Å². The summed E-state index contributed by atoms with van der Waals surface area (Å²) >= 11 is 0.